The van der Waals surface area contributed by atoms with E-state index in [1.165, 1.54) is 18.2 Å². The van der Waals surface area contributed by atoms with Crippen LogP contribution in [0.25, 0.3) is 0 Å². The van der Waals surface area contributed by atoms with E-state index in [4.69, 9.17) is 5.73 Å². The van der Waals surface area contributed by atoms with E-state index in [1.54, 1.807) is 6.07 Å². The Morgan fingerprint density at radius 1 is 1.52 bits per heavy atom. The summed E-state index contributed by atoms with van der Waals surface area (Å²) < 4.78 is 0. The summed E-state index contributed by atoms with van der Waals surface area (Å²) in [4.78, 5) is 22.7. The minimum Gasteiger partial charge on any atom is -0.345 e. The lowest BCUT2D eigenvalue weighted by atomic mass is 9.73. The number of amides is 1. The summed E-state index contributed by atoms with van der Waals surface area (Å²) in [5.41, 5.74) is 5.73. The number of nitrogens with one attached hydrogen (secondary N) is 1. The van der Waals surface area contributed by atoms with Crippen LogP contribution in [0, 0.1) is 16.0 Å². The SMILES string of the molecule is CC1CCCCC1(CN)NC(=O)c1cccc([N+](=O)[O-])c1. The van der Waals surface area contributed by atoms with E-state index in [2.05, 4.69) is 12.2 Å². The van der Waals surface area contributed by atoms with Gasteiger partial charge in [-0.2, -0.15) is 0 Å². The topological polar surface area (TPSA) is 98.3 Å². The molecule has 2 unspecified atom stereocenters. The molecular formula is C15H21N3O3. The highest BCUT2D eigenvalue weighted by Crippen LogP contribution is 2.33. The molecule has 0 aliphatic heterocycles. The Balaban J connectivity index is 2.20. The van der Waals surface area contributed by atoms with E-state index < -0.39 is 10.5 Å². The van der Waals surface area contributed by atoms with Gasteiger partial charge in [-0.05, 0) is 24.8 Å². The third-order valence-corrected chi connectivity index (χ3v) is 4.50. The normalized spacial score (nSPS) is 25.3. The Kier molecular flexibility index (Phi) is 4.57. The average molecular weight is 291 g/mol. The molecule has 0 spiro atoms. The predicted molar refractivity (Wildman–Crippen MR) is 80.0 cm³/mol. The van der Waals surface area contributed by atoms with Crippen molar-refractivity contribution < 1.29 is 9.72 Å². The molecule has 0 saturated heterocycles. The summed E-state index contributed by atoms with van der Waals surface area (Å²) in [6.45, 7) is 2.48. The Morgan fingerprint density at radius 3 is 2.90 bits per heavy atom. The fourth-order valence-electron chi connectivity index (χ4n) is 3.01. The minimum atomic E-state index is -0.501. The van der Waals surface area contributed by atoms with Crippen LogP contribution in [0.4, 0.5) is 5.69 Å². The first-order valence-electron chi connectivity index (χ1n) is 7.25. The second kappa shape index (κ2) is 6.22. The molecule has 0 radical (unpaired) electrons. The predicted octanol–water partition coefficient (Wildman–Crippen LogP) is 2.23. The lowest BCUT2D eigenvalue weighted by Crippen LogP contribution is -2.59. The largest absolute Gasteiger partial charge is 0.345 e. The smallest absolute Gasteiger partial charge is 0.270 e. The van der Waals surface area contributed by atoms with Crippen LogP contribution in [-0.2, 0) is 0 Å². The van der Waals surface area contributed by atoms with E-state index in [1.807, 2.05) is 0 Å². The maximum Gasteiger partial charge on any atom is 0.270 e. The summed E-state index contributed by atoms with van der Waals surface area (Å²) in [6.07, 6.45) is 4.07. The monoisotopic (exact) mass is 291 g/mol. The van der Waals surface area contributed by atoms with Crippen molar-refractivity contribution in [1.29, 1.82) is 0 Å². The van der Waals surface area contributed by atoms with Gasteiger partial charge in [0.2, 0.25) is 0 Å². The second-order valence-corrected chi connectivity index (χ2v) is 5.77. The highest BCUT2D eigenvalue weighted by molar-refractivity contribution is 5.95. The van der Waals surface area contributed by atoms with Crippen molar-refractivity contribution in [2.24, 2.45) is 11.7 Å². The summed E-state index contributed by atoms with van der Waals surface area (Å²) in [5.74, 6) is 0.0109. The van der Waals surface area contributed by atoms with Crippen molar-refractivity contribution in [3.05, 3.63) is 39.9 Å². The highest BCUT2D eigenvalue weighted by Gasteiger charge is 2.38. The van der Waals surface area contributed by atoms with Crippen molar-refractivity contribution >= 4 is 11.6 Å². The van der Waals surface area contributed by atoms with E-state index in [0.717, 1.165) is 25.7 Å². The van der Waals surface area contributed by atoms with Gasteiger partial charge < -0.3 is 11.1 Å². The summed E-state index contributed by atoms with van der Waals surface area (Å²) >= 11 is 0. The molecule has 1 saturated carbocycles. The van der Waals surface area contributed by atoms with E-state index >= 15 is 0 Å². The van der Waals surface area contributed by atoms with Gasteiger partial charge in [0.05, 0.1) is 10.5 Å². The molecule has 1 aliphatic rings. The van der Waals surface area contributed by atoms with Crippen molar-refractivity contribution in [2.45, 2.75) is 38.1 Å². The maximum atomic E-state index is 12.4. The Labute approximate surface area is 123 Å². The third kappa shape index (κ3) is 3.21. The molecule has 2 atom stereocenters. The fraction of sp³-hybridized carbons (Fsp3) is 0.533. The van der Waals surface area contributed by atoms with Crippen LogP contribution >= 0.6 is 0 Å². The first-order valence-corrected chi connectivity index (χ1v) is 7.25. The summed E-state index contributed by atoms with van der Waals surface area (Å²) in [6, 6.07) is 5.78. The van der Waals surface area contributed by atoms with E-state index in [9.17, 15) is 14.9 Å². The third-order valence-electron chi connectivity index (χ3n) is 4.50. The number of benzene rings is 1. The van der Waals surface area contributed by atoms with Gasteiger partial charge in [0.15, 0.2) is 0 Å². The molecule has 114 valence electrons. The molecule has 1 aliphatic carbocycles. The van der Waals surface area contributed by atoms with Crippen LogP contribution in [-0.4, -0.2) is 22.9 Å². The molecule has 21 heavy (non-hydrogen) atoms. The van der Waals surface area contributed by atoms with Gasteiger partial charge >= 0.3 is 0 Å². The molecule has 6 heteroatoms. The molecule has 3 N–H and O–H groups in total. The van der Waals surface area contributed by atoms with Gasteiger partial charge in [-0.3, -0.25) is 14.9 Å². The highest BCUT2D eigenvalue weighted by atomic mass is 16.6. The van der Waals surface area contributed by atoms with Gasteiger partial charge in [-0.1, -0.05) is 25.8 Å². The number of nitro groups is 1. The van der Waals surface area contributed by atoms with E-state index in [0.29, 0.717) is 18.0 Å². The van der Waals surface area contributed by atoms with Gasteiger partial charge in [-0.15, -0.1) is 0 Å². The van der Waals surface area contributed by atoms with Crippen LogP contribution < -0.4 is 11.1 Å². The second-order valence-electron chi connectivity index (χ2n) is 5.77. The van der Waals surface area contributed by atoms with Crippen LogP contribution in [0.2, 0.25) is 0 Å². The van der Waals surface area contributed by atoms with Crippen LogP contribution in [0.3, 0.4) is 0 Å². The molecule has 1 fully saturated rings. The number of rotatable bonds is 4. The number of nitrogens with zero attached hydrogens (tertiary/aromatic N) is 1. The van der Waals surface area contributed by atoms with Crippen LogP contribution in [0.5, 0.6) is 0 Å². The lowest BCUT2D eigenvalue weighted by Gasteiger charge is -2.42. The van der Waals surface area contributed by atoms with Crippen molar-refractivity contribution in [3.8, 4) is 0 Å². The first kappa shape index (κ1) is 15.4. The summed E-state index contributed by atoms with van der Waals surface area (Å²) in [5, 5.41) is 13.8. The Morgan fingerprint density at radius 2 is 2.29 bits per heavy atom. The number of carbonyl (C=O) groups excluding carboxylic acids is 1. The van der Waals surface area contributed by atoms with Crippen molar-refractivity contribution in [3.63, 3.8) is 0 Å². The molecule has 0 bridgehead atoms. The average Bonchev–Trinajstić information content (AvgIpc) is 2.49. The quantitative estimate of drug-likeness (QED) is 0.656. The fourth-order valence-corrected chi connectivity index (χ4v) is 3.01. The molecule has 6 nitrogen and oxygen atoms in total. The number of hydrogen-bond donors (Lipinski definition) is 2. The van der Waals surface area contributed by atoms with E-state index in [-0.39, 0.29) is 11.6 Å². The van der Waals surface area contributed by atoms with Gasteiger partial charge in [-0.25, -0.2) is 0 Å². The molecule has 2 rings (SSSR count). The Bertz CT molecular complexity index is 547. The zero-order valence-corrected chi connectivity index (χ0v) is 12.2. The van der Waals surface area contributed by atoms with Crippen LogP contribution in [0.15, 0.2) is 24.3 Å². The molecule has 1 amide bonds. The zero-order valence-electron chi connectivity index (χ0n) is 12.2. The zero-order chi connectivity index (χ0) is 15.5. The van der Waals surface area contributed by atoms with Gasteiger partial charge in [0.1, 0.15) is 0 Å². The lowest BCUT2D eigenvalue weighted by molar-refractivity contribution is -0.384. The number of non-ortho nitro benzene ring substituents is 1. The molecule has 0 heterocycles. The van der Waals surface area contributed by atoms with Crippen molar-refractivity contribution in [1.82, 2.24) is 5.32 Å². The number of nitrogens with two attached hydrogens (primary N) is 1. The summed E-state index contributed by atoms with van der Waals surface area (Å²) in [7, 11) is 0. The molecule has 1 aromatic rings. The first-order chi connectivity index (χ1) is 9.98. The van der Waals surface area contributed by atoms with Gasteiger partial charge in [0.25, 0.3) is 11.6 Å². The minimum absolute atomic E-state index is 0.0823. The standard InChI is InChI=1S/C15H21N3O3/c1-11-5-2-3-8-15(11,10-16)17-14(19)12-6-4-7-13(9-12)18(20)21/h4,6-7,9,11H,2-3,5,8,10,16H2,1H3,(H,17,19). The number of nitro benzene ring substituents is 1. The van der Waals surface area contributed by atoms with Crippen molar-refractivity contribution in [2.75, 3.05) is 6.54 Å². The van der Waals surface area contributed by atoms with Crippen LogP contribution in [0.1, 0.15) is 43.0 Å². The molecule has 1 aromatic carbocycles. The molecular weight excluding hydrogens is 270 g/mol. The maximum absolute atomic E-state index is 12.4. The number of hydrogen-bond acceptors (Lipinski definition) is 4. The van der Waals surface area contributed by atoms with Gasteiger partial charge in [0, 0.05) is 24.2 Å². The Hall–Kier alpha value is -1.95. The number of carbonyl (C=O) groups is 1. The molecule has 0 aromatic heterocycles.